The van der Waals surface area contributed by atoms with Gasteiger partial charge < -0.3 is 0 Å². The molecular formula is C14H13Cl2FN2. The highest BCUT2D eigenvalue weighted by atomic mass is 35.5. The third-order valence-electron chi connectivity index (χ3n) is 3.61. The molecule has 0 saturated heterocycles. The molecule has 19 heavy (non-hydrogen) atoms. The van der Waals surface area contributed by atoms with Gasteiger partial charge in [0.05, 0.1) is 10.7 Å². The summed E-state index contributed by atoms with van der Waals surface area (Å²) in [6.07, 6.45) is 4.68. The topological polar surface area (TPSA) is 17.8 Å². The van der Waals surface area contributed by atoms with Crippen LogP contribution in [-0.2, 0) is 0 Å². The van der Waals surface area contributed by atoms with Crippen LogP contribution >= 0.6 is 23.2 Å². The molecule has 0 radical (unpaired) electrons. The number of nitrogens with zero attached hydrogens (tertiary/aromatic N) is 2. The van der Waals surface area contributed by atoms with Gasteiger partial charge >= 0.3 is 0 Å². The Labute approximate surface area is 121 Å². The van der Waals surface area contributed by atoms with Crippen LogP contribution in [0.5, 0.6) is 0 Å². The second kappa shape index (κ2) is 5.14. The molecule has 0 atom stereocenters. The maximum absolute atomic E-state index is 13.9. The van der Waals surface area contributed by atoms with Gasteiger partial charge in [0.15, 0.2) is 0 Å². The van der Waals surface area contributed by atoms with Crippen LogP contribution in [0.25, 0.3) is 5.69 Å². The Morgan fingerprint density at radius 1 is 1.21 bits per heavy atom. The van der Waals surface area contributed by atoms with Crippen molar-refractivity contribution in [1.82, 2.24) is 9.78 Å². The highest BCUT2D eigenvalue weighted by Crippen LogP contribution is 2.35. The molecular weight excluding hydrogens is 286 g/mol. The average Bonchev–Trinajstić information content (AvgIpc) is 2.99. The maximum Gasteiger partial charge on any atom is 0.150 e. The first kappa shape index (κ1) is 12.9. The standard InChI is InChI=1S/C14H13Cl2FN2/c15-10-6-3-7-11(17)14(10)19-13(16)8-12(18-19)9-4-1-2-5-9/h3,6-9H,1-2,4-5H2. The number of rotatable bonds is 2. The Balaban J connectivity index is 2.05. The number of aromatic nitrogens is 2. The first-order chi connectivity index (χ1) is 9.16. The minimum atomic E-state index is -0.421. The Kier molecular flexibility index (Phi) is 3.50. The summed E-state index contributed by atoms with van der Waals surface area (Å²) in [5.74, 6) is 0.0137. The molecule has 0 unspecified atom stereocenters. The van der Waals surface area contributed by atoms with Gasteiger partial charge in [0.2, 0.25) is 0 Å². The fourth-order valence-electron chi connectivity index (χ4n) is 2.64. The molecule has 0 spiro atoms. The van der Waals surface area contributed by atoms with Gasteiger partial charge in [-0.3, -0.25) is 0 Å². The SMILES string of the molecule is Fc1cccc(Cl)c1-n1nc(C2CCCC2)cc1Cl. The Hall–Kier alpha value is -1.06. The predicted octanol–water partition coefficient (Wildman–Crippen LogP) is 4.98. The fraction of sp³-hybridized carbons (Fsp3) is 0.357. The minimum absolute atomic E-state index is 0.221. The van der Waals surface area contributed by atoms with E-state index in [4.69, 9.17) is 23.2 Å². The van der Waals surface area contributed by atoms with Crippen molar-refractivity contribution in [3.63, 3.8) is 0 Å². The molecule has 1 saturated carbocycles. The van der Waals surface area contributed by atoms with E-state index in [-0.39, 0.29) is 5.69 Å². The monoisotopic (exact) mass is 298 g/mol. The Morgan fingerprint density at radius 2 is 1.95 bits per heavy atom. The van der Waals surface area contributed by atoms with E-state index in [0.717, 1.165) is 18.5 Å². The van der Waals surface area contributed by atoms with Crippen molar-refractivity contribution in [2.45, 2.75) is 31.6 Å². The lowest BCUT2D eigenvalue weighted by atomic mass is 10.1. The number of hydrogen-bond acceptors (Lipinski definition) is 1. The summed E-state index contributed by atoms with van der Waals surface area (Å²) < 4.78 is 15.3. The zero-order valence-corrected chi connectivity index (χ0v) is 11.8. The van der Waals surface area contributed by atoms with Gasteiger partial charge in [-0.05, 0) is 31.0 Å². The van der Waals surface area contributed by atoms with Crippen molar-refractivity contribution >= 4 is 23.2 Å². The molecule has 1 aromatic carbocycles. The molecule has 1 aliphatic carbocycles. The molecule has 3 rings (SSSR count). The van der Waals surface area contributed by atoms with Gasteiger partial charge in [0.1, 0.15) is 16.7 Å². The largest absolute Gasteiger partial charge is 0.217 e. The first-order valence-electron chi connectivity index (χ1n) is 6.36. The molecule has 0 N–H and O–H groups in total. The van der Waals surface area contributed by atoms with Gasteiger partial charge in [0, 0.05) is 5.92 Å². The van der Waals surface area contributed by atoms with Gasteiger partial charge in [-0.15, -0.1) is 0 Å². The average molecular weight is 299 g/mol. The maximum atomic E-state index is 13.9. The molecule has 100 valence electrons. The molecule has 2 nitrogen and oxygen atoms in total. The van der Waals surface area contributed by atoms with Crippen molar-refractivity contribution in [2.75, 3.05) is 0 Å². The third kappa shape index (κ3) is 2.37. The van der Waals surface area contributed by atoms with Crippen molar-refractivity contribution < 1.29 is 4.39 Å². The van der Waals surface area contributed by atoms with Crippen molar-refractivity contribution in [3.8, 4) is 5.69 Å². The Bertz CT molecular complexity index is 583. The van der Waals surface area contributed by atoms with Gasteiger partial charge in [-0.25, -0.2) is 9.07 Å². The summed E-state index contributed by atoms with van der Waals surface area (Å²) in [6.45, 7) is 0. The molecule has 5 heteroatoms. The quantitative estimate of drug-likeness (QED) is 0.765. The van der Waals surface area contributed by atoms with Crippen LogP contribution in [0.3, 0.4) is 0 Å². The van der Waals surface area contributed by atoms with E-state index in [1.165, 1.54) is 23.6 Å². The molecule has 2 aromatic rings. The molecule has 0 aliphatic heterocycles. The van der Waals surface area contributed by atoms with E-state index in [1.54, 1.807) is 12.1 Å². The number of hydrogen-bond donors (Lipinski definition) is 0. The summed E-state index contributed by atoms with van der Waals surface area (Å²) in [5, 5.41) is 5.15. The van der Waals surface area contributed by atoms with Gasteiger partial charge in [-0.2, -0.15) is 5.10 Å². The summed E-state index contributed by atoms with van der Waals surface area (Å²) in [5.41, 5.74) is 1.15. The molecule has 1 aromatic heterocycles. The second-order valence-corrected chi connectivity index (χ2v) is 5.65. The Morgan fingerprint density at radius 3 is 2.63 bits per heavy atom. The van der Waals surface area contributed by atoms with Crippen LogP contribution in [0.2, 0.25) is 10.2 Å². The highest BCUT2D eigenvalue weighted by Gasteiger charge is 2.22. The molecule has 1 aliphatic rings. The van der Waals surface area contributed by atoms with Crippen LogP contribution in [0, 0.1) is 5.82 Å². The van der Waals surface area contributed by atoms with Crippen LogP contribution < -0.4 is 0 Å². The van der Waals surface area contributed by atoms with E-state index in [1.807, 2.05) is 6.07 Å². The fourth-order valence-corrected chi connectivity index (χ4v) is 3.12. The van der Waals surface area contributed by atoms with Crippen molar-refractivity contribution in [1.29, 1.82) is 0 Å². The summed E-state index contributed by atoms with van der Waals surface area (Å²) >= 11 is 12.2. The van der Waals surface area contributed by atoms with Crippen LogP contribution in [0.1, 0.15) is 37.3 Å². The summed E-state index contributed by atoms with van der Waals surface area (Å²) in [4.78, 5) is 0. The van der Waals surface area contributed by atoms with Crippen molar-refractivity contribution in [2.24, 2.45) is 0 Å². The summed E-state index contributed by atoms with van der Waals surface area (Å²) in [6, 6.07) is 6.37. The number of benzene rings is 1. The third-order valence-corrected chi connectivity index (χ3v) is 4.18. The van der Waals surface area contributed by atoms with E-state index in [2.05, 4.69) is 5.10 Å². The van der Waals surface area contributed by atoms with E-state index >= 15 is 0 Å². The lowest BCUT2D eigenvalue weighted by Gasteiger charge is -2.07. The summed E-state index contributed by atoms with van der Waals surface area (Å²) in [7, 11) is 0. The smallest absolute Gasteiger partial charge is 0.150 e. The lowest BCUT2D eigenvalue weighted by Crippen LogP contribution is -2.03. The molecule has 1 heterocycles. The number of halogens is 3. The zero-order valence-electron chi connectivity index (χ0n) is 10.2. The van der Waals surface area contributed by atoms with E-state index < -0.39 is 5.82 Å². The normalized spacial score (nSPS) is 16.2. The van der Waals surface area contributed by atoms with Crippen LogP contribution in [-0.4, -0.2) is 9.78 Å². The highest BCUT2D eigenvalue weighted by molar-refractivity contribution is 6.33. The number of para-hydroxylation sites is 1. The zero-order chi connectivity index (χ0) is 13.4. The molecule has 1 fully saturated rings. The molecule has 0 amide bonds. The first-order valence-corrected chi connectivity index (χ1v) is 7.12. The van der Waals surface area contributed by atoms with Crippen LogP contribution in [0.15, 0.2) is 24.3 Å². The van der Waals surface area contributed by atoms with Gasteiger partial charge in [0.25, 0.3) is 0 Å². The van der Waals surface area contributed by atoms with Crippen molar-refractivity contribution in [3.05, 3.63) is 46.0 Å². The van der Waals surface area contributed by atoms with E-state index in [9.17, 15) is 4.39 Å². The van der Waals surface area contributed by atoms with Crippen LogP contribution in [0.4, 0.5) is 4.39 Å². The lowest BCUT2D eigenvalue weighted by molar-refractivity contribution is 0.606. The molecule has 0 bridgehead atoms. The predicted molar refractivity (Wildman–Crippen MR) is 74.8 cm³/mol. The van der Waals surface area contributed by atoms with Gasteiger partial charge in [-0.1, -0.05) is 42.1 Å². The second-order valence-electron chi connectivity index (χ2n) is 4.86. The van der Waals surface area contributed by atoms with E-state index in [0.29, 0.717) is 16.1 Å². The minimum Gasteiger partial charge on any atom is -0.217 e.